The van der Waals surface area contributed by atoms with Gasteiger partial charge in [0.2, 0.25) is 5.82 Å². The first-order valence-electron chi connectivity index (χ1n) is 17.2. The molecule has 0 unspecified atom stereocenters. The Kier molecular flexibility index (Phi) is 8.38. The van der Waals surface area contributed by atoms with Crippen LogP contribution in [0.3, 0.4) is 0 Å². The lowest BCUT2D eigenvalue weighted by molar-refractivity contribution is 0.112. The van der Waals surface area contributed by atoms with E-state index >= 15 is 0 Å². The monoisotopic (exact) mass is 664 g/mol. The molecule has 0 saturated heterocycles. The number of nitrogens with zero attached hydrogens (tertiary/aromatic N) is 6. The number of hydrogen-bond donors (Lipinski definition) is 0. The van der Waals surface area contributed by atoms with E-state index < -0.39 is 5.54 Å². The fraction of sp³-hybridized carbons (Fsp3) is 0.114. The number of tetrazole rings is 1. The molecule has 0 atom stereocenters. The average Bonchev–Trinajstić information content (AvgIpc) is 3.79. The molecule has 0 spiro atoms. The van der Waals surface area contributed by atoms with Gasteiger partial charge in [0.15, 0.2) is 11.8 Å². The Balaban J connectivity index is 1.19. The van der Waals surface area contributed by atoms with Crippen molar-refractivity contribution < 1.29 is 4.79 Å². The standard InChI is InChI=1S/C44H36N6O/c1-3-37-27-42-40(28-45-37)41(30-51)31(2)49(42)29-32-23-25-33(26-24-32)38-21-13-14-22-39(38)43-46-48-50(47-43)44(34-15-7-4-8-16-34,35-17-9-5-10-18-35)36-19-11-6-12-20-36/h4-28,30H,3,29H2,1-2H3. The van der Waals surface area contributed by atoms with Crippen LogP contribution in [0.5, 0.6) is 0 Å². The van der Waals surface area contributed by atoms with E-state index in [-0.39, 0.29) is 0 Å². The van der Waals surface area contributed by atoms with Crippen LogP contribution in [0, 0.1) is 6.92 Å². The highest BCUT2D eigenvalue weighted by Crippen LogP contribution is 2.40. The van der Waals surface area contributed by atoms with E-state index in [9.17, 15) is 4.79 Å². The van der Waals surface area contributed by atoms with Crippen LogP contribution in [-0.4, -0.2) is 36.0 Å². The maximum absolute atomic E-state index is 12.0. The lowest BCUT2D eigenvalue weighted by Gasteiger charge is -2.34. The Labute approximate surface area is 296 Å². The third-order valence-electron chi connectivity index (χ3n) is 9.86. The van der Waals surface area contributed by atoms with Crippen molar-refractivity contribution in [2.45, 2.75) is 32.4 Å². The molecule has 0 aliphatic heterocycles. The maximum atomic E-state index is 12.0. The number of hydrogen-bond acceptors (Lipinski definition) is 5. The van der Waals surface area contributed by atoms with E-state index in [0.29, 0.717) is 17.9 Å². The van der Waals surface area contributed by atoms with E-state index in [0.717, 1.165) is 73.9 Å². The van der Waals surface area contributed by atoms with Crippen LogP contribution in [0.25, 0.3) is 33.4 Å². The number of pyridine rings is 1. The largest absolute Gasteiger partial charge is 0.340 e. The highest BCUT2D eigenvalue weighted by molar-refractivity contribution is 5.99. The number of aldehydes is 1. The average molecular weight is 665 g/mol. The second-order valence-corrected chi connectivity index (χ2v) is 12.7. The van der Waals surface area contributed by atoms with Crippen molar-refractivity contribution in [3.63, 3.8) is 0 Å². The molecule has 3 aromatic heterocycles. The van der Waals surface area contributed by atoms with Gasteiger partial charge in [0.25, 0.3) is 0 Å². The Bertz CT molecular complexity index is 2350. The molecule has 7 heteroatoms. The molecule has 51 heavy (non-hydrogen) atoms. The van der Waals surface area contributed by atoms with E-state index in [1.54, 1.807) is 4.80 Å². The zero-order valence-corrected chi connectivity index (χ0v) is 28.5. The zero-order valence-electron chi connectivity index (χ0n) is 28.5. The van der Waals surface area contributed by atoms with Crippen LogP contribution >= 0.6 is 0 Å². The molecule has 0 aliphatic carbocycles. The summed E-state index contributed by atoms with van der Waals surface area (Å²) in [6.07, 6.45) is 3.60. The fourth-order valence-electron chi connectivity index (χ4n) is 7.23. The summed E-state index contributed by atoms with van der Waals surface area (Å²) in [5.74, 6) is 0.540. The molecule has 5 aromatic carbocycles. The third kappa shape index (κ3) is 5.53. The first-order chi connectivity index (χ1) is 25.1. The molecule has 8 aromatic rings. The van der Waals surface area contributed by atoms with Crippen LogP contribution in [0.15, 0.2) is 152 Å². The van der Waals surface area contributed by atoms with E-state index in [2.05, 4.69) is 95.3 Å². The molecule has 0 aliphatic rings. The predicted octanol–water partition coefficient (Wildman–Crippen LogP) is 8.93. The summed E-state index contributed by atoms with van der Waals surface area (Å²) < 4.78 is 2.21. The van der Waals surface area contributed by atoms with Crippen molar-refractivity contribution in [2.75, 3.05) is 0 Å². The normalized spacial score (nSPS) is 11.6. The molecule has 8 rings (SSSR count). The van der Waals surface area contributed by atoms with Crippen molar-refractivity contribution in [2.24, 2.45) is 0 Å². The molecule has 0 amide bonds. The maximum Gasteiger partial charge on any atom is 0.205 e. The predicted molar refractivity (Wildman–Crippen MR) is 202 cm³/mol. The smallest absolute Gasteiger partial charge is 0.205 e. The number of fused-ring (bicyclic) bond motifs is 1. The van der Waals surface area contributed by atoms with E-state index in [1.807, 2.05) is 79.9 Å². The first-order valence-corrected chi connectivity index (χ1v) is 17.2. The van der Waals surface area contributed by atoms with Crippen molar-refractivity contribution >= 4 is 17.2 Å². The number of benzene rings is 5. The molecule has 3 heterocycles. The second kappa shape index (κ2) is 13.4. The number of rotatable bonds is 10. The number of aromatic nitrogens is 6. The molecule has 0 saturated carbocycles. The van der Waals surface area contributed by atoms with Crippen LogP contribution in [0.1, 0.15) is 50.9 Å². The van der Waals surface area contributed by atoms with Crippen LogP contribution in [-0.2, 0) is 18.5 Å². The molecule has 0 fully saturated rings. The molecule has 0 bridgehead atoms. The summed E-state index contributed by atoms with van der Waals surface area (Å²) in [4.78, 5) is 18.3. The number of aryl methyl sites for hydroxylation is 1. The molecule has 248 valence electrons. The molecule has 0 N–H and O–H groups in total. The lowest BCUT2D eigenvalue weighted by atomic mass is 9.77. The summed E-state index contributed by atoms with van der Waals surface area (Å²) in [6.45, 7) is 4.73. The van der Waals surface area contributed by atoms with Gasteiger partial charge in [0.1, 0.15) is 0 Å². The topological polar surface area (TPSA) is 78.5 Å². The van der Waals surface area contributed by atoms with E-state index in [1.165, 1.54) is 0 Å². The molecular formula is C44H36N6O. The first kappa shape index (κ1) is 31.8. The summed E-state index contributed by atoms with van der Waals surface area (Å²) in [5.41, 5.74) is 9.99. The second-order valence-electron chi connectivity index (χ2n) is 12.7. The van der Waals surface area contributed by atoms with Gasteiger partial charge in [-0.3, -0.25) is 9.78 Å². The Hall–Kier alpha value is -6.47. The van der Waals surface area contributed by atoms with Gasteiger partial charge in [-0.25, -0.2) is 0 Å². The van der Waals surface area contributed by atoms with Crippen molar-refractivity contribution in [1.82, 2.24) is 29.8 Å². The van der Waals surface area contributed by atoms with Gasteiger partial charge in [-0.05, 0) is 58.0 Å². The number of carbonyl (C=O) groups is 1. The minimum atomic E-state index is -0.857. The van der Waals surface area contributed by atoms with Gasteiger partial charge in [0.05, 0.1) is 5.52 Å². The van der Waals surface area contributed by atoms with Crippen LogP contribution in [0.4, 0.5) is 0 Å². The highest BCUT2D eigenvalue weighted by atomic mass is 16.1. The summed E-state index contributed by atoms with van der Waals surface area (Å²) >= 11 is 0. The minimum Gasteiger partial charge on any atom is -0.340 e. The van der Waals surface area contributed by atoms with Crippen LogP contribution in [0.2, 0.25) is 0 Å². The molecule has 0 radical (unpaired) electrons. The molecular weight excluding hydrogens is 629 g/mol. The van der Waals surface area contributed by atoms with Crippen molar-refractivity contribution in [1.29, 1.82) is 0 Å². The van der Waals surface area contributed by atoms with Crippen molar-refractivity contribution in [3.8, 4) is 22.5 Å². The lowest BCUT2D eigenvalue weighted by Crippen LogP contribution is -2.39. The van der Waals surface area contributed by atoms with Gasteiger partial charge < -0.3 is 4.57 Å². The SMILES string of the molecule is CCc1cc2c(cn1)c(C=O)c(C)n2Cc1ccc(-c2ccccc2-c2nnn(C(c3ccccc3)(c3ccccc3)c3ccccc3)n2)cc1. The van der Waals surface area contributed by atoms with Gasteiger partial charge >= 0.3 is 0 Å². The quantitative estimate of drug-likeness (QED) is 0.108. The Morgan fingerprint density at radius 3 is 1.84 bits per heavy atom. The highest BCUT2D eigenvalue weighted by Gasteiger charge is 2.41. The third-order valence-corrected chi connectivity index (χ3v) is 9.86. The minimum absolute atomic E-state index is 0.540. The van der Waals surface area contributed by atoms with Gasteiger partial charge in [-0.2, -0.15) is 0 Å². The Morgan fingerprint density at radius 2 is 1.27 bits per heavy atom. The van der Waals surface area contributed by atoms with E-state index in [4.69, 9.17) is 15.4 Å². The molecule has 7 nitrogen and oxygen atoms in total. The zero-order chi connectivity index (χ0) is 34.8. The summed E-state index contributed by atoms with van der Waals surface area (Å²) in [7, 11) is 0. The fourth-order valence-corrected chi connectivity index (χ4v) is 7.23. The van der Waals surface area contributed by atoms with Crippen LogP contribution < -0.4 is 0 Å². The van der Waals surface area contributed by atoms with Gasteiger partial charge in [0, 0.05) is 40.6 Å². The van der Waals surface area contributed by atoms with Gasteiger partial charge in [-0.1, -0.05) is 146 Å². The van der Waals surface area contributed by atoms with Gasteiger partial charge in [-0.15, -0.1) is 15.0 Å². The summed E-state index contributed by atoms with van der Waals surface area (Å²) in [6, 6.07) is 50.0. The van der Waals surface area contributed by atoms with Crippen molar-refractivity contribution in [3.05, 3.63) is 191 Å². The Morgan fingerprint density at radius 1 is 0.706 bits per heavy atom. The number of carbonyl (C=O) groups excluding carboxylic acids is 1. The summed E-state index contributed by atoms with van der Waals surface area (Å²) in [5, 5.41) is 15.5.